The molecule has 8 aliphatic heterocycles. The smallest absolute Gasteiger partial charge is 0.220 e. The third-order valence-electron chi connectivity index (χ3n) is 26.8. The number of hydrogen-bond donors (Lipinski definition) is 26. The number of hydrogen-bond acceptors (Lipinski definition) is 42. The van der Waals surface area contributed by atoms with Crippen molar-refractivity contribution in [3.63, 3.8) is 0 Å². The molecule has 26 N–H and O–H groups in total. The fourth-order valence-corrected chi connectivity index (χ4v) is 18.6. The molecule has 0 aromatic heterocycles. The summed E-state index contributed by atoms with van der Waals surface area (Å²) in [4.78, 5) is 53.3. The number of carbonyl (C=O) groups excluding carboxylic acids is 4. The Labute approximate surface area is 805 Å². The van der Waals surface area contributed by atoms with Gasteiger partial charge in [-0.15, -0.1) is 0 Å². The predicted molar refractivity (Wildman–Crippen MR) is 478 cm³/mol. The third kappa shape index (κ3) is 34.6. The van der Waals surface area contributed by atoms with E-state index in [1.807, 2.05) is 6.08 Å². The lowest BCUT2D eigenvalue weighted by Gasteiger charge is -2.51. The normalized spacial score (nSPS) is 39.1. The molecule has 46 nitrogen and oxygen atoms in total. The minimum atomic E-state index is -2.53. The molecule has 0 spiro atoms. The van der Waals surface area contributed by atoms with Gasteiger partial charge < -0.3 is 209 Å². The van der Waals surface area contributed by atoms with Crippen LogP contribution in [-0.4, -0.2) is 446 Å². The van der Waals surface area contributed by atoms with Gasteiger partial charge in [-0.3, -0.25) is 19.2 Å². The van der Waals surface area contributed by atoms with E-state index in [1.54, 1.807) is 6.08 Å². The van der Waals surface area contributed by atoms with Crippen molar-refractivity contribution in [3.8, 4) is 0 Å². The Bertz CT molecular complexity index is 3420. The van der Waals surface area contributed by atoms with Crippen LogP contribution in [0.3, 0.4) is 0 Å². The number of aliphatic hydroxyl groups excluding tert-OH is 22. The van der Waals surface area contributed by atoms with Crippen molar-refractivity contribution in [2.24, 2.45) is 0 Å². The van der Waals surface area contributed by atoms with Crippen LogP contribution in [0.15, 0.2) is 12.2 Å². The van der Waals surface area contributed by atoms with Crippen molar-refractivity contribution >= 4 is 23.6 Å². The molecular formula is C92H164N4O42. The summed E-state index contributed by atoms with van der Waals surface area (Å²) < 4.78 is 96.8. The molecule has 0 aromatic rings. The zero-order valence-electron chi connectivity index (χ0n) is 80.3. The molecule has 16 unspecified atom stereocenters. The third-order valence-corrected chi connectivity index (χ3v) is 26.8. The van der Waals surface area contributed by atoms with Gasteiger partial charge in [-0.25, -0.2) is 0 Å². The maximum absolute atomic E-state index is 13.7. The van der Waals surface area contributed by atoms with Crippen LogP contribution in [0.5, 0.6) is 0 Å². The fourth-order valence-electron chi connectivity index (χ4n) is 18.6. The van der Waals surface area contributed by atoms with Gasteiger partial charge in [0.15, 0.2) is 50.3 Å². The first-order valence-electron chi connectivity index (χ1n) is 49.8. The molecule has 804 valence electrons. The van der Waals surface area contributed by atoms with Gasteiger partial charge in [-0.1, -0.05) is 193 Å². The van der Waals surface area contributed by atoms with Crippen LogP contribution in [0.25, 0.3) is 0 Å². The first-order valence-corrected chi connectivity index (χ1v) is 49.8. The monoisotopic (exact) mass is 2000 g/mol. The van der Waals surface area contributed by atoms with E-state index < -0.39 is 328 Å². The molecule has 4 amide bonds. The quantitative estimate of drug-likeness (QED) is 0.0201. The summed E-state index contributed by atoms with van der Waals surface area (Å²) in [6, 6.07) is -6.82. The number of aliphatic hydroxyl groups is 22. The Morgan fingerprint density at radius 2 is 0.638 bits per heavy atom. The van der Waals surface area contributed by atoms with E-state index in [9.17, 15) is 132 Å². The molecule has 8 rings (SSSR count). The van der Waals surface area contributed by atoms with E-state index in [2.05, 4.69) is 35.1 Å². The van der Waals surface area contributed by atoms with E-state index >= 15 is 0 Å². The number of unbranched alkanes of at least 4 members (excludes halogenated alkanes) is 27. The van der Waals surface area contributed by atoms with Gasteiger partial charge in [0.05, 0.1) is 71.1 Å². The molecular weight excluding hydrogens is 1830 g/mol. The number of allylic oxidation sites excluding steroid dienone is 1. The highest BCUT2D eigenvalue weighted by Crippen LogP contribution is 2.40. The van der Waals surface area contributed by atoms with Crippen LogP contribution in [0, 0.1) is 0 Å². The van der Waals surface area contributed by atoms with Gasteiger partial charge in [0.1, 0.15) is 189 Å². The maximum atomic E-state index is 13.7. The first kappa shape index (κ1) is 119. The standard InChI is InChI=1S/C92H164N4O42/c1-7-9-11-13-15-17-19-21-22-23-24-26-28-30-32-34-36-38-60(107)96-51(52(106)37-35-33-31-29-27-25-20-18-16-14-12-10-8-2)45-123-88-76(120)74(118)79(58(44-102)131-88)133-90-77(121)82(69(113)57(43-101)129-90)136-86-62(94-49(5)104)80(67(111)55(41-99)127-86)134-91-78(122)83(70(114)59(132-91)46-124-85-61(93-48(4)103)71(115)65(109)53(39-97)126-85)137-87-63(95-50(6)105)81(68(112)56(42-100)128-87)135-92-84(73(117)66(110)54(40-98)130-92)138-89-75(119)72(116)64(108)47(3)125-89/h35,37,47,51-59,61-92,97-102,106,108-122H,7-34,36,38-46H2,1-6H3,(H,93,103)(H,94,104)(H,95,105)(H,96,107)/b37-35+/t47?,51-,52+,53?,54?,55?,56?,57?,58?,59?,61?,62?,63?,64+,65+,66-,67+,68+,69-,70-,71+,72?,73-,74+,75-,76?,77?,78?,79+,80+,81+,82-,83-,84?,85+,86-,87-,88+,89+,90-,91-,92-/m0/s1. The molecule has 46 heteroatoms. The lowest BCUT2D eigenvalue weighted by Crippen LogP contribution is -2.71. The zero-order chi connectivity index (χ0) is 101. The van der Waals surface area contributed by atoms with Crippen molar-refractivity contribution in [1.29, 1.82) is 0 Å². The van der Waals surface area contributed by atoms with Crippen molar-refractivity contribution in [2.45, 2.75) is 492 Å². The van der Waals surface area contributed by atoms with Crippen molar-refractivity contribution in [2.75, 3.05) is 52.9 Å². The molecule has 8 heterocycles. The van der Waals surface area contributed by atoms with Crippen LogP contribution in [0.1, 0.15) is 234 Å². The van der Waals surface area contributed by atoms with Crippen molar-refractivity contribution < 1.29 is 207 Å². The maximum Gasteiger partial charge on any atom is 0.220 e. The topological polar surface area (TPSA) is 709 Å². The second-order valence-electron chi connectivity index (χ2n) is 37.7. The molecule has 42 atom stereocenters. The molecule has 0 aromatic carbocycles. The van der Waals surface area contributed by atoms with Gasteiger partial charge in [-0.2, -0.15) is 0 Å². The van der Waals surface area contributed by atoms with E-state index in [0.29, 0.717) is 12.8 Å². The van der Waals surface area contributed by atoms with Gasteiger partial charge in [-0.05, 0) is 26.2 Å². The number of rotatable bonds is 60. The molecule has 8 aliphatic rings. The van der Waals surface area contributed by atoms with Crippen LogP contribution in [0.2, 0.25) is 0 Å². The van der Waals surface area contributed by atoms with E-state index in [-0.39, 0.29) is 12.3 Å². The Morgan fingerprint density at radius 3 is 1.09 bits per heavy atom. The number of nitrogens with one attached hydrogen (secondary N) is 4. The van der Waals surface area contributed by atoms with Crippen LogP contribution in [0.4, 0.5) is 0 Å². The van der Waals surface area contributed by atoms with Gasteiger partial charge in [0, 0.05) is 27.2 Å². The summed E-state index contributed by atoms with van der Waals surface area (Å²) in [7, 11) is 0. The summed E-state index contributed by atoms with van der Waals surface area (Å²) in [6.45, 7) is 0.653. The minimum absolute atomic E-state index is 0.137. The fraction of sp³-hybridized carbons (Fsp3) is 0.935. The second-order valence-corrected chi connectivity index (χ2v) is 37.7. The van der Waals surface area contributed by atoms with Crippen LogP contribution < -0.4 is 21.3 Å². The van der Waals surface area contributed by atoms with Gasteiger partial charge in [0.2, 0.25) is 23.6 Å². The Balaban J connectivity index is 1.00. The second kappa shape index (κ2) is 61.6. The highest BCUT2D eigenvalue weighted by Gasteiger charge is 2.61. The summed E-state index contributed by atoms with van der Waals surface area (Å²) in [5.41, 5.74) is 0. The lowest BCUT2D eigenvalue weighted by atomic mass is 9.93. The summed E-state index contributed by atoms with van der Waals surface area (Å²) in [5.74, 6) is -3.15. The zero-order valence-corrected chi connectivity index (χ0v) is 80.3. The number of ether oxygens (including phenoxy) is 16. The average Bonchev–Trinajstić information content (AvgIpc) is 0.761. The van der Waals surface area contributed by atoms with E-state index in [0.717, 1.165) is 78.6 Å². The van der Waals surface area contributed by atoms with Crippen molar-refractivity contribution in [3.05, 3.63) is 12.2 Å². The molecule has 0 saturated carbocycles. The van der Waals surface area contributed by atoms with E-state index in [4.69, 9.17) is 75.8 Å². The van der Waals surface area contributed by atoms with E-state index in [1.165, 1.54) is 122 Å². The predicted octanol–water partition coefficient (Wildman–Crippen LogP) is -4.82. The Hall–Kier alpha value is -3.90. The SMILES string of the molecule is CCCCCCCCCCCCC/C=C/[C@@H](O)[C@H](CO[C@@H]1OC(CO)[C@@H](O[C@@H]2OC(CO)[C@H](O)[C@H](O[C@@H]3OC(CO)[C@@H](O)[C@H](O[C@@H]4OC(CO[C@@H]5OC(CO)[C@@H](O)[C@H](O)C5NC(C)=O)[C@H](O)[C@H](O[C@@H]5OC(CO)[C@@H](O)[C@H](O[C@@H]6OC(CO)[C@H](O)[C@H](O)C6O[C@H]6OC(C)[C@@H](O)C(O)[C@@H]6O)C5NC(C)=O)C4O)C3NC(C)=O)C2O)[C@H](O)C1O)NC(=O)CCCCCCCCCCCCCCCCCCC. The molecule has 8 saturated heterocycles. The Kier molecular flexibility index (Phi) is 53.3. The van der Waals surface area contributed by atoms with Crippen LogP contribution >= 0.6 is 0 Å². The summed E-state index contributed by atoms with van der Waals surface area (Å²) in [6.07, 6.45) is -40.1. The largest absolute Gasteiger partial charge is 0.394 e. The summed E-state index contributed by atoms with van der Waals surface area (Å²) >= 11 is 0. The molecule has 138 heavy (non-hydrogen) atoms. The lowest BCUT2D eigenvalue weighted by molar-refractivity contribution is -0.392. The molecule has 0 radical (unpaired) electrons. The molecule has 0 bridgehead atoms. The average molecular weight is 2000 g/mol. The van der Waals surface area contributed by atoms with Gasteiger partial charge >= 0.3 is 0 Å². The van der Waals surface area contributed by atoms with Gasteiger partial charge in [0.25, 0.3) is 0 Å². The minimum Gasteiger partial charge on any atom is -0.394 e. The highest BCUT2D eigenvalue weighted by atomic mass is 16.8. The summed E-state index contributed by atoms with van der Waals surface area (Å²) in [5, 5.41) is 261. The number of carbonyl (C=O) groups is 4. The van der Waals surface area contributed by atoms with Crippen LogP contribution in [-0.2, 0) is 95.0 Å². The van der Waals surface area contributed by atoms with Crippen molar-refractivity contribution in [1.82, 2.24) is 21.3 Å². The highest BCUT2D eigenvalue weighted by molar-refractivity contribution is 5.76. The molecule has 8 fully saturated rings. The Morgan fingerprint density at radius 1 is 0.304 bits per heavy atom. The first-order chi connectivity index (χ1) is 66.1. The molecule has 0 aliphatic carbocycles. The number of amides is 4.